The van der Waals surface area contributed by atoms with Gasteiger partial charge in [0, 0.05) is 22.4 Å². The number of fused-ring (bicyclic) bond motifs is 5. The fraction of sp³-hybridized carbons (Fsp3) is 0.238. The molecule has 5 heteroatoms. The molecular formula is C21H19N3O2. The third-order valence-corrected chi connectivity index (χ3v) is 5.32. The molecular weight excluding hydrogens is 326 g/mol. The van der Waals surface area contributed by atoms with E-state index in [0.717, 1.165) is 51.7 Å². The maximum Gasteiger partial charge on any atom is 0.147 e. The molecule has 2 aromatic carbocycles. The molecule has 5 rings (SSSR count). The van der Waals surface area contributed by atoms with Crippen LogP contribution in [0.1, 0.15) is 24.0 Å². The highest BCUT2D eigenvalue weighted by atomic mass is 16.5. The Morgan fingerprint density at radius 1 is 1.08 bits per heavy atom. The monoisotopic (exact) mass is 345 g/mol. The molecule has 5 nitrogen and oxygen atoms in total. The second-order valence-corrected chi connectivity index (χ2v) is 6.81. The Balaban J connectivity index is 1.92. The van der Waals surface area contributed by atoms with Gasteiger partial charge in [-0.05, 0) is 61.1 Å². The van der Waals surface area contributed by atoms with E-state index >= 15 is 0 Å². The standard InChI is InChI=1S/C21H19N3O2/c1-26-18-10-17-16(11-22-24-17)19-14-4-2-3-5-15(14)20(23-21(18)19)12-6-8-13(25)9-7-12/h6-11,25H,2-5H2,1H3,(H,22,24). The van der Waals surface area contributed by atoms with E-state index in [9.17, 15) is 5.11 Å². The predicted molar refractivity (Wildman–Crippen MR) is 102 cm³/mol. The first-order chi connectivity index (χ1) is 12.8. The van der Waals surface area contributed by atoms with Crippen LogP contribution >= 0.6 is 0 Å². The average molecular weight is 345 g/mol. The SMILES string of the molecule is COc1cc2[nH]ncc2c2c3c(c(-c4ccc(O)cc4)nc12)CCCC3. The van der Waals surface area contributed by atoms with Crippen LogP contribution in [0.5, 0.6) is 11.5 Å². The van der Waals surface area contributed by atoms with Crippen molar-refractivity contribution in [1.82, 2.24) is 15.2 Å². The number of H-pyrrole nitrogens is 1. The van der Waals surface area contributed by atoms with Gasteiger partial charge in [-0.3, -0.25) is 5.10 Å². The van der Waals surface area contributed by atoms with Gasteiger partial charge in [-0.15, -0.1) is 0 Å². The van der Waals surface area contributed by atoms with Gasteiger partial charge in [-0.2, -0.15) is 5.10 Å². The number of benzene rings is 2. The van der Waals surface area contributed by atoms with Crippen molar-refractivity contribution in [2.45, 2.75) is 25.7 Å². The van der Waals surface area contributed by atoms with Crippen molar-refractivity contribution in [3.05, 3.63) is 47.7 Å². The molecule has 0 atom stereocenters. The number of hydrogen-bond donors (Lipinski definition) is 2. The van der Waals surface area contributed by atoms with Crippen LogP contribution in [-0.2, 0) is 12.8 Å². The molecule has 0 bridgehead atoms. The Bertz CT molecular complexity index is 1130. The number of aryl methyl sites for hydroxylation is 1. The summed E-state index contributed by atoms with van der Waals surface area (Å²) in [7, 11) is 1.68. The molecule has 0 spiro atoms. The number of phenolic OH excluding ortho intramolecular Hbond substituents is 1. The highest BCUT2D eigenvalue weighted by molar-refractivity contribution is 6.10. The Kier molecular flexibility index (Phi) is 3.35. The second-order valence-electron chi connectivity index (χ2n) is 6.81. The number of pyridine rings is 1. The van der Waals surface area contributed by atoms with Crippen LogP contribution in [0.25, 0.3) is 33.1 Å². The molecule has 0 fully saturated rings. The van der Waals surface area contributed by atoms with Crippen molar-refractivity contribution < 1.29 is 9.84 Å². The molecule has 2 aromatic heterocycles. The van der Waals surface area contributed by atoms with E-state index in [1.54, 1.807) is 19.2 Å². The van der Waals surface area contributed by atoms with Gasteiger partial charge in [0.2, 0.25) is 0 Å². The molecule has 1 aliphatic rings. The summed E-state index contributed by atoms with van der Waals surface area (Å²) in [4.78, 5) is 5.04. The first-order valence-electron chi connectivity index (χ1n) is 8.91. The summed E-state index contributed by atoms with van der Waals surface area (Å²) < 4.78 is 5.66. The van der Waals surface area contributed by atoms with Gasteiger partial charge in [0.25, 0.3) is 0 Å². The fourth-order valence-electron chi connectivity index (χ4n) is 4.11. The maximum absolute atomic E-state index is 9.64. The quantitative estimate of drug-likeness (QED) is 0.566. The minimum Gasteiger partial charge on any atom is -0.508 e. The molecule has 0 saturated carbocycles. The summed E-state index contributed by atoms with van der Waals surface area (Å²) in [6.07, 6.45) is 6.28. The van der Waals surface area contributed by atoms with Crippen LogP contribution in [0.15, 0.2) is 36.5 Å². The highest BCUT2D eigenvalue weighted by Gasteiger charge is 2.23. The average Bonchev–Trinajstić information content (AvgIpc) is 3.15. The number of nitrogens with zero attached hydrogens (tertiary/aromatic N) is 2. The third kappa shape index (κ3) is 2.17. The number of nitrogens with one attached hydrogen (secondary N) is 1. The topological polar surface area (TPSA) is 71.0 Å². The van der Waals surface area contributed by atoms with Gasteiger partial charge in [0.15, 0.2) is 0 Å². The highest BCUT2D eigenvalue weighted by Crippen LogP contribution is 2.41. The molecule has 2 N–H and O–H groups in total. The molecule has 0 aliphatic heterocycles. The molecule has 0 radical (unpaired) electrons. The number of aromatic hydroxyl groups is 1. The van der Waals surface area contributed by atoms with Crippen LogP contribution in [0.4, 0.5) is 0 Å². The first-order valence-corrected chi connectivity index (χ1v) is 8.91. The maximum atomic E-state index is 9.64. The lowest BCUT2D eigenvalue weighted by molar-refractivity contribution is 0.419. The molecule has 2 heterocycles. The lowest BCUT2D eigenvalue weighted by Crippen LogP contribution is -2.08. The lowest BCUT2D eigenvalue weighted by atomic mass is 9.85. The zero-order valence-electron chi connectivity index (χ0n) is 14.5. The summed E-state index contributed by atoms with van der Waals surface area (Å²) in [5.41, 5.74) is 6.54. The molecule has 130 valence electrons. The Labute approximate surface area is 150 Å². The van der Waals surface area contributed by atoms with Crippen LogP contribution in [0.2, 0.25) is 0 Å². The molecule has 4 aromatic rings. The number of ether oxygens (including phenoxy) is 1. The molecule has 26 heavy (non-hydrogen) atoms. The number of methoxy groups -OCH3 is 1. The number of aromatic amines is 1. The van der Waals surface area contributed by atoms with Crippen molar-refractivity contribution in [2.24, 2.45) is 0 Å². The van der Waals surface area contributed by atoms with Gasteiger partial charge < -0.3 is 9.84 Å². The van der Waals surface area contributed by atoms with E-state index in [-0.39, 0.29) is 5.75 Å². The third-order valence-electron chi connectivity index (χ3n) is 5.32. The zero-order valence-corrected chi connectivity index (χ0v) is 14.5. The number of aromatic nitrogens is 3. The van der Waals surface area contributed by atoms with Crippen molar-refractivity contribution in [3.8, 4) is 22.8 Å². The summed E-state index contributed by atoms with van der Waals surface area (Å²) >= 11 is 0. The minimum absolute atomic E-state index is 0.265. The molecule has 0 amide bonds. The summed E-state index contributed by atoms with van der Waals surface area (Å²) in [5.74, 6) is 1.02. The van der Waals surface area contributed by atoms with Crippen LogP contribution < -0.4 is 4.74 Å². The Morgan fingerprint density at radius 3 is 2.62 bits per heavy atom. The van der Waals surface area contributed by atoms with Gasteiger partial charge in [0.1, 0.15) is 17.0 Å². The van der Waals surface area contributed by atoms with E-state index < -0.39 is 0 Å². The summed E-state index contributed by atoms with van der Waals surface area (Å²) in [6.45, 7) is 0. The van der Waals surface area contributed by atoms with Crippen LogP contribution in [0, 0.1) is 0 Å². The van der Waals surface area contributed by atoms with Gasteiger partial charge in [-0.25, -0.2) is 4.98 Å². The van der Waals surface area contributed by atoms with E-state index in [2.05, 4.69) is 10.2 Å². The Morgan fingerprint density at radius 2 is 1.85 bits per heavy atom. The van der Waals surface area contributed by atoms with E-state index in [1.165, 1.54) is 24.0 Å². The largest absolute Gasteiger partial charge is 0.508 e. The van der Waals surface area contributed by atoms with E-state index in [1.807, 2.05) is 24.4 Å². The van der Waals surface area contributed by atoms with Crippen molar-refractivity contribution in [1.29, 1.82) is 0 Å². The van der Waals surface area contributed by atoms with Crippen LogP contribution in [-0.4, -0.2) is 27.4 Å². The van der Waals surface area contributed by atoms with Crippen LogP contribution in [0.3, 0.4) is 0 Å². The molecule has 0 saturated heterocycles. The van der Waals surface area contributed by atoms with Crippen molar-refractivity contribution in [3.63, 3.8) is 0 Å². The normalized spacial score (nSPS) is 13.9. The number of rotatable bonds is 2. The fourth-order valence-corrected chi connectivity index (χ4v) is 4.11. The van der Waals surface area contributed by atoms with E-state index in [4.69, 9.17) is 9.72 Å². The summed E-state index contributed by atoms with van der Waals surface area (Å²) in [5, 5.41) is 19.2. The smallest absolute Gasteiger partial charge is 0.147 e. The second kappa shape index (κ2) is 5.73. The van der Waals surface area contributed by atoms with Crippen molar-refractivity contribution in [2.75, 3.05) is 7.11 Å². The van der Waals surface area contributed by atoms with Crippen molar-refractivity contribution >= 4 is 21.8 Å². The Hall–Kier alpha value is -3.08. The van der Waals surface area contributed by atoms with E-state index in [0.29, 0.717) is 0 Å². The van der Waals surface area contributed by atoms with Gasteiger partial charge >= 0.3 is 0 Å². The van der Waals surface area contributed by atoms with Gasteiger partial charge in [0.05, 0.1) is 24.5 Å². The molecule has 0 unspecified atom stereocenters. The first kappa shape index (κ1) is 15.2. The lowest BCUT2D eigenvalue weighted by Gasteiger charge is -2.22. The summed E-state index contributed by atoms with van der Waals surface area (Å²) in [6, 6.07) is 9.26. The van der Waals surface area contributed by atoms with Gasteiger partial charge in [-0.1, -0.05) is 0 Å². The molecule has 1 aliphatic carbocycles. The minimum atomic E-state index is 0.265. The zero-order chi connectivity index (χ0) is 17.7. The number of phenols is 1. The number of hydrogen-bond acceptors (Lipinski definition) is 4. The predicted octanol–water partition coefficient (Wildman–Crippen LogP) is 4.37.